The van der Waals surface area contributed by atoms with Crippen molar-refractivity contribution in [3.05, 3.63) is 11.8 Å². The van der Waals surface area contributed by atoms with E-state index in [4.69, 9.17) is 13.9 Å². The van der Waals surface area contributed by atoms with Gasteiger partial charge in [-0.2, -0.15) is 0 Å². The maximum absolute atomic E-state index is 6.55. The van der Waals surface area contributed by atoms with Crippen LogP contribution in [0.4, 0.5) is 0 Å². The van der Waals surface area contributed by atoms with E-state index in [0.717, 1.165) is 32.3 Å². The number of allylic oxidation sites excluding steroid dienone is 1. The van der Waals surface area contributed by atoms with Crippen LogP contribution in [0.3, 0.4) is 0 Å². The molecule has 0 aromatic carbocycles. The average molecular weight is 383 g/mol. The van der Waals surface area contributed by atoms with Crippen LogP contribution in [-0.4, -0.2) is 26.8 Å². The molecule has 0 N–H and O–H groups in total. The molecular formula is C22H42O3Si. The Bertz CT molecular complexity index is 480. The van der Waals surface area contributed by atoms with Crippen LogP contribution in [0.15, 0.2) is 11.8 Å². The van der Waals surface area contributed by atoms with Crippen LogP contribution in [0.1, 0.15) is 86.0 Å². The largest absolute Gasteiger partial charge is 0.470 e. The molecule has 0 saturated carbocycles. The Kier molecular flexibility index (Phi) is 7.43. The third-order valence-corrected chi connectivity index (χ3v) is 11.3. The summed E-state index contributed by atoms with van der Waals surface area (Å²) in [4.78, 5) is 0. The lowest BCUT2D eigenvalue weighted by molar-refractivity contribution is -0.277. The molecule has 2 rings (SSSR count). The Hall–Kier alpha value is -0.323. The van der Waals surface area contributed by atoms with Crippen LogP contribution in [0.5, 0.6) is 0 Å². The predicted molar refractivity (Wildman–Crippen MR) is 112 cm³/mol. The summed E-state index contributed by atoms with van der Waals surface area (Å²) in [6.07, 6.45) is 11.3. The van der Waals surface area contributed by atoms with Crippen molar-refractivity contribution in [1.82, 2.24) is 0 Å². The molecule has 0 aliphatic carbocycles. The zero-order chi connectivity index (χ0) is 19.4. The van der Waals surface area contributed by atoms with Gasteiger partial charge in [-0.25, -0.2) is 0 Å². The number of hydrogen-bond donors (Lipinski definition) is 0. The lowest BCUT2D eigenvalue weighted by Gasteiger charge is -2.45. The summed E-state index contributed by atoms with van der Waals surface area (Å²) in [7, 11) is -1.68. The number of hydrogen-bond acceptors (Lipinski definition) is 3. The molecular weight excluding hydrogens is 340 g/mol. The van der Waals surface area contributed by atoms with Gasteiger partial charge in [0.25, 0.3) is 0 Å². The second-order valence-corrected chi connectivity index (χ2v) is 14.8. The van der Waals surface area contributed by atoms with E-state index in [2.05, 4.69) is 47.7 Å². The summed E-state index contributed by atoms with van der Waals surface area (Å²) in [6.45, 7) is 16.9. The lowest BCUT2D eigenvalue weighted by Crippen LogP contribution is -2.47. The second-order valence-electron chi connectivity index (χ2n) is 9.98. The highest BCUT2D eigenvalue weighted by Crippen LogP contribution is 2.42. The summed E-state index contributed by atoms with van der Waals surface area (Å²) in [5.74, 6) is 0.210. The predicted octanol–water partition coefficient (Wildman–Crippen LogP) is 6.79. The summed E-state index contributed by atoms with van der Waals surface area (Å²) in [5, 5.41) is 0.263. The van der Waals surface area contributed by atoms with E-state index in [1.165, 1.54) is 31.3 Å². The summed E-state index contributed by atoms with van der Waals surface area (Å²) < 4.78 is 19.1. The van der Waals surface area contributed by atoms with E-state index in [1.54, 1.807) is 0 Å². The molecule has 2 heterocycles. The number of rotatable bonds is 7. The quantitative estimate of drug-likeness (QED) is 0.453. The van der Waals surface area contributed by atoms with Crippen molar-refractivity contribution >= 4 is 8.32 Å². The van der Waals surface area contributed by atoms with Crippen molar-refractivity contribution < 1.29 is 13.9 Å². The Morgan fingerprint density at radius 2 is 2.00 bits per heavy atom. The summed E-state index contributed by atoms with van der Waals surface area (Å²) in [6, 6.07) is 0. The molecule has 0 radical (unpaired) electrons. The maximum atomic E-state index is 6.55. The van der Waals surface area contributed by atoms with Crippen LogP contribution < -0.4 is 0 Å². The lowest BCUT2D eigenvalue weighted by atomic mass is 9.86. The molecule has 3 nitrogen and oxygen atoms in total. The molecule has 1 fully saturated rings. The van der Waals surface area contributed by atoms with E-state index < -0.39 is 8.32 Å². The minimum Gasteiger partial charge on any atom is -0.470 e. The van der Waals surface area contributed by atoms with Gasteiger partial charge < -0.3 is 13.9 Å². The smallest absolute Gasteiger partial charge is 0.210 e. The van der Waals surface area contributed by atoms with Crippen molar-refractivity contribution in [3.63, 3.8) is 0 Å². The van der Waals surface area contributed by atoms with Crippen LogP contribution in [0.25, 0.3) is 0 Å². The van der Waals surface area contributed by atoms with Gasteiger partial charge in [-0.3, -0.25) is 0 Å². The molecule has 152 valence electrons. The van der Waals surface area contributed by atoms with E-state index in [-0.39, 0.29) is 16.9 Å². The molecule has 1 saturated heterocycles. The molecule has 0 aromatic heterocycles. The van der Waals surface area contributed by atoms with E-state index >= 15 is 0 Å². The number of unbranched alkanes of at least 4 members (excludes halogenated alkanes) is 1. The van der Waals surface area contributed by atoms with Gasteiger partial charge in [0, 0.05) is 19.4 Å². The Morgan fingerprint density at radius 3 is 2.58 bits per heavy atom. The van der Waals surface area contributed by atoms with Crippen molar-refractivity contribution in [2.24, 2.45) is 5.92 Å². The minimum absolute atomic E-state index is 0.249. The average Bonchev–Trinajstić information content (AvgIpc) is 2.57. The first-order chi connectivity index (χ1) is 12.1. The fraction of sp³-hybridized carbons (Fsp3) is 0.909. The Morgan fingerprint density at radius 1 is 1.27 bits per heavy atom. The molecule has 0 unspecified atom stereocenters. The molecule has 3 atom stereocenters. The van der Waals surface area contributed by atoms with Crippen LogP contribution in [0, 0.1) is 5.92 Å². The van der Waals surface area contributed by atoms with E-state index in [0.29, 0.717) is 5.92 Å². The van der Waals surface area contributed by atoms with Crippen LogP contribution >= 0.6 is 0 Å². The molecule has 0 amide bonds. The van der Waals surface area contributed by atoms with Gasteiger partial charge in [0.1, 0.15) is 0 Å². The van der Waals surface area contributed by atoms with E-state index in [9.17, 15) is 0 Å². The van der Waals surface area contributed by atoms with Crippen LogP contribution in [-0.2, 0) is 13.9 Å². The van der Waals surface area contributed by atoms with E-state index in [1.807, 2.05) is 6.26 Å². The van der Waals surface area contributed by atoms with Gasteiger partial charge in [-0.05, 0) is 61.7 Å². The molecule has 26 heavy (non-hydrogen) atoms. The van der Waals surface area contributed by atoms with Gasteiger partial charge in [0.05, 0.1) is 12.4 Å². The molecule has 0 aromatic rings. The van der Waals surface area contributed by atoms with Gasteiger partial charge >= 0.3 is 0 Å². The maximum Gasteiger partial charge on any atom is 0.210 e. The minimum atomic E-state index is -1.68. The third-order valence-electron chi connectivity index (χ3n) is 6.77. The van der Waals surface area contributed by atoms with Crippen molar-refractivity contribution in [3.8, 4) is 0 Å². The van der Waals surface area contributed by atoms with Gasteiger partial charge in [0.15, 0.2) is 8.32 Å². The Balaban J connectivity index is 1.87. The summed E-state index contributed by atoms with van der Waals surface area (Å²) >= 11 is 0. The van der Waals surface area contributed by atoms with Crippen molar-refractivity contribution in [2.45, 2.75) is 116 Å². The molecule has 2 aliphatic heterocycles. The SMILES string of the molecule is CCCCC1=CO[C@@]2(CC1)CC[C@H](C)[C@@H](CCO[Si](C)(C)C(C)(C)C)O2. The highest BCUT2D eigenvalue weighted by molar-refractivity contribution is 6.74. The number of ether oxygens (including phenoxy) is 2. The third kappa shape index (κ3) is 5.59. The second kappa shape index (κ2) is 8.79. The molecule has 0 bridgehead atoms. The highest BCUT2D eigenvalue weighted by atomic mass is 28.4. The normalized spacial score (nSPS) is 30.2. The fourth-order valence-corrected chi connectivity index (χ4v) is 4.65. The highest BCUT2D eigenvalue weighted by Gasteiger charge is 2.43. The van der Waals surface area contributed by atoms with Gasteiger partial charge in [-0.1, -0.05) is 41.0 Å². The van der Waals surface area contributed by atoms with Gasteiger partial charge in [0.2, 0.25) is 5.79 Å². The standard InChI is InChI=1S/C22H42O3Si/c1-8-9-10-19-12-15-22(23-17-19)14-11-18(2)20(25-22)13-16-24-26(6,7)21(3,4)5/h17-18,20H,8-16H2,1-7H3/t18-,20+,22-/m0/s1. The summed E-state index contributed by atoms with van der Waals surface area (Å²) in [5.41, 5.74) is 1.46. The zero-order valence-corrected chi connectivity index (χ0v) is 19.3. The zero-order valence-electron chi connectivity index (χ0n) is 18.3. The van der Waals surface area contributed by atoms with Gasteiger partial charge in [-0.15, -0.1) is 0 Å². The van der Waals surface area contributed by atoms with Crippen molar-refractivity contribution in [1.29, 1.82) is 0 Å². The first kappa shape index (κ1) is 22.0. The topological polar surface area (TPSA) is 27.7 Å². The monoisotopic (exact) mass is 382 g/mol. The molecule has 4 heteroatoms. The first-order valence-electron chi connectivity index (χ1n) is 10.8. The van der Waals surface area contributed by atoms with Crippen LogP contribution in [0.2, 0.25) is 18.1 Å². The Labute approximate surface area is 163 Å². The molecule has 2 aliphatic rings. The molecule has 1 spiro atoms. The first-order valence-corrected chi connectivity index (χ1v) is 13.7. The fourth-order valence-electron chi connectivity index (χ4n) is 3.59. The van der Waals surface area contributed by atoms with Crippen molar-refractivity contribution in [2.75, 3.05) is 6.61 Å².